The first-order valence-corrected chi connectivity index (χ1v) is 4.93. The number of carbonyl (C=O) groups excluding carboxylic acids is 1. The third-order valence-electron chi connectivity index (χ3n) is 1.99. The highest BCUT2D eigenvalue weighted by atomic mass is 35.5. The summed E-state index contributed by atoms with van der Waals surface area (Å²) in [6.07, 6.45) is 0. The molecule has 0 spiro atoms. The molecule has 0 saturated carbocycles. The van der Waals surface area contributed by atoms with E-state index < -0.39 is 0 Å². The van der Waals surface area contributed by atoms with Crippen LogP contribution in [0.4, 0.5) is 0 Å². The van der Waals surface area contributed by atoms with Crippen LogP contribution in [0, 0.1) is 6.92 Å². The molecular formula is C10H12ClN3O2. The van der Waals surface area contributed by atoms with Gasteiger partial charge in [-0.05, 0) is 30.7 Å². The van der Waals surface area contributed by atoms with Crippen LogP contribution in [-0.2, 0) is 0 Å². The lowest BCUT2D eigenvalue weighted by Gasteiger charge is -2.06. The Morgan fingerprint density at radius 3 is 2.88 bits per heavy atom. The fourth-order valence-corrected chi connectivity index (χ4v) is 1.41. The first-order chi connectivity index (χ1) is 7.54. The molecule has 16 heavy (non-hydrogen) atoms. The predicted molar refractivity (Wildman–Crippen MR) is 61.9 cm³/mol. The van der Waals surface area contributed by atoms with E-state index in [-0.39, 0.29) is 18.3 Å². The number of rotatable bonds is 3. The molecular weight excluding hydrogens is 230 g/mol. The number of aryl methyl sites for hydroxylation is 1. The van der Waals surface area contributed by atoms with Crippen molar-refractivity contribution in [2.24, 2.45) is 10.9 Å². The maximum atomic E-state index is 11.7. The Kier molecular flexibility index (Phi) is 4.13. The molecule has 1 aromatic carbocycles. The molecule has 4 N–H and O–H groups in total. The summed E-state index contributed by atoms with van der Waals surface area (Å²) in [6.45, 7) is 1.78. The third-order valence-corrected chi connectivity index (χ3v) is 2.23. The van der Waals surface area contributed by atoms with E-state index in [1.54, 1.807) is 25.1 Å². The molecule has 0 unspecified atom stereocenters. The maximum absolute atomic E-state index is 11.7. The molecule has 0 atom stereocenters. The lowest BCUT2D eigenvalue weighted by Crippen LogP contribution is -2.33. The first kappa shape index (κ1) is 12.3. The van der Waals surface area contributed by atoms with Crippen LogP contribution in [0.3, 0.4) is 0 Å². The highest BCUT2D eigenvalue weighted by Crippen LogP contribution is 2.14. The fourth-order valence-electron chi connectivity index (χ4n) is 1.18. The minimum absolute atomic E-state index is 0.00258. The summed E-state index contributed by atoms with van der Waals surface area (Å²) in [5, 5.41) is 14.1. The molecule has 0 aliphatic rings. The van der Waals surface area contributed by atoms with E-state index >= 15 is 0 Å². The van der Waals surface area contributed by atoms with Crippen molar-refractivity contribution in [1.82, 2.24) is 5.32 Å². The molecule has 0 aliphatic carbocycles. The van der Waals surface area contributed by atoms with Crippen molar-refractivity contribution in [3.63, 3.8) is 0 Å². The second-order valence-corrected chi connectivity index (χ2v) is 3.67. The minimum Gasteiger partial charge on any atom is -0.409 e. The number of nitrogens with one attached hydrogen (secondary N) is 1. The minimum atomic E-state index is -0.291. The van der Waals surface area contributed by atoms with E-state index in [9.17, 15) is 4.79 Å². The quantitative estimate of drug-likeness (QED) is 0.321. The molecule has 0 aliphatic heterocycles. The van der Waals surface area contributed by atoms with Gasteiger partial charge in [-0.25, -0.2) is 0 Å². The summed E-state index contributed by atoms with van der Waals surface area (Å²) in [7, 11) is 0. The van der Waals surface area contributed by atoms with Gasteiger partial charge in [0.25, 0.3) is 5.91 Å². The van der Waals surface area contributed by atoms with E-state index in [1.807, 2.05) is 0 Å². The van der Waals surface area contributed by atoms with Crippen LogP contribution < -0.4 is 11.1 Å². The average Bonchev–Trinajstić information content (AvgIpc) is 2.25. The largest absolute Gasteiger partial charge is 0.409 e. The van der Waals surface area contributed by atoms with Crippen LogP contribution in [-0.4, -0.2) is 23.5 Å². The standard InChI is InChI=1S/C10H12ClN3O2/c1-6-4-7(11)2-3-8(6)10(15)13-5-9(12)14-16/h2-4,16H,5H2,1H3,(H2,12,14)(H,13,15). The highest BCUT2D eigenvalue weighted by molar-refractivity contribution is 6.30. The number of amides is 1. The Hall–Kier alpha value is -1.75. The van der Waals surface area contributed by atoms with E-state index in [0.717, 1.165) is 5.56 Å². The van der Waals surface area contributed by atoms with E-state index in [4.69, 9.17) is 22.5 Å². The SMILES string of the molecule is Cc1cc(Cl)ccc1C(=O)NC/C(N)=N/O. The molecule has 0 radical (unpaired) electrons. The summed E-state index contributed by atoms with van der Waals surface area (Å²) in [4.78, 5) is 11.7. The number of amidine groups is 1. The van der Waals surface area contributed by atoms with Crippen LogP contribution >= 0.6 is 11.6 Å². The van der Waals surface area contributed by atoms with Gasteiger partial charge in [-0.15, -0.1) is 0 Å². The van der Waals surface area contributed by atoms with Crippen LogP contribution in [0.15, 0.2) is 23.4 Å². The monoisotopic (exact) mass is 241 g/mol. The topological polar surface area (TPSA) is 87.7 Å². The summed E-state index contributed by atoms with van der Waals surface area (Å²) < 4.78 is 0. The molecule has 0 aromatic heterocycles. The molecule has 0 fully saturated rings. The Balaban J connectivity index is 2.74. The molecule has 86 valence electrons. The Labute approximate surface area is 97.9 Å². The van der Waals surface area contributed by atoms with E-state index in [2.05, 4.69) is 10.5 Å². The van der Waals surface area contributed by atoms with E-state index in [1.165, 1.54) is 0 Å². The molecule has 5 nitrogen and oxygen atoms in total. The normalized spacial score (nSPS) is 11.2. The number of carbonyl (C=O) groups is 1. The average molecular weight is 242 g/mol. The number of benzene rings is 1. The lowest BCUT2D eigenvalue weighted by atomic mass is 10.1. The Morgan fingerprint density at radius 1 is 1.62 bits per heavy atom. The summed E-state index contributed by atoms with van der Waals surface area (Å²) in [5.41, 5.74) is 6.50. The van der Waals surface area contributed by atoms with Crippen molar-refractivity contribution in [3.05, 3.63) is 34.3 Å². The molecule has 1 amide bonds. The van der Waals surface area contributed by atoms with Gasteiger partial charge in [0, 0.05) is 10.6 Å². The lowest BCUT2D eigenvalue weighted by molar-refractivity contribution is 0.0958. The van der Waals surface area contributed by atoms with Gasteiger partial charge in [0.2, 0.25) is 0 Å². The molecule has 1 rings (SSSR count). The number of oxime groups is 1. The summed E-state index contributed by atoms with van der Waals surface area (Å²) in [5.74, 6) is -0.347. The fraction of sp³-hybridized carbons (Fsp3) is 0.200. The number of hydrogen-bond acceptors (Lipinski definition) is 3. The van der Waals surface area contributed by atoms with Crippen molar-refractivity contribution in [1.29, 1.82) is 0 Å². The van der Waals surface area contributed by atoms with Crippen LogP contribution in [0.25, 0.3) is 0 Å². The van der Waals surface area contributed by atoms with Gasteiger partial charge in [0.15, 0.2) is 5.84 Å². The maximum Gasteiger partial charge on any atom is 0.251 e. The summed E-state index contributed by atoms with van der Waals surface area (Å²) in [6, 6.07) is 4.95. The van der Waals surface area contributed by atoms with Crippen LogP contribution in [0.2, 0.25) is 5.02 Å². The number of halogens is 1. The smallest absolute Gasteiger partial charge is 0.251 e. The molecule has 1 aromatic rings. The van der Waals surface area contributed by atoms with Crippen molar-refractivity contribution < 1.29 is 10.0 Å². The highest BCUT2D eigenvalue weighted by Gasteiger charge is 2.09. The zero-order valence-corrected chi connectivity index (χ0v) is 9.45. The predicted octanol–water partition coefficient (Wildman–Crippen LogP) is 1.12. The molecule has 6 heteroatoms. The van der Waals surface area contributed by atoms with Crippen molar-refractivity contribution in [2.75, 3.05) is 6.54 Å². The molecule has 0 heterocycles. The van der Waals surface area contributed by atoms with Crippen molar-refractivity contribution >= 4 is 23.3 Å². The van der Waals surface area contributed by atoms with Crippen molar-refractivity contribution in [3.8, 4) is 0 Å². The zero-order valence-electron chi connectivity index (χ0n) is 8.70. The second-order valence-electron chi connectivity index (χ2n) is 3.23. The molecule has 0 saturated heterocycles. The van der Waals surface area contributed by atoms with Gasteiger partial charge in [0.05, 0.1) is 6.54 Å². The van der Waals surface area contributed by atoms with Gasteiger partial charge >= 0.3 is 0 Å². The number of hydrogen-bond donors (Lipinski definition) is 3. The Morgan fingerprint density at radius 2 is 2.31 bits per heavy atom. The molecule has 0 bridgehead atoms. The third kappa shape index (κ3) is 3.13. The van der Waals surface area contributed by atoms with Gasteiger partial charge < -0.3 is 16.3 Å². The number of nitrogens with two attached hydrogens (primary N) is 1. The second kappa shape index (κ2) is 5.37. The van der Waals surface area contributed by atoms with Crippen LogP contribution in [0.1, 0.15) is 15.9 Å². The van der Waals surface area contributed by atoms with Gasteiger partial charge in [-0.2, -0.15) is 0 Å². The van der Waals surface area contributed by atoms with Gasteiger partial charge in [-0.3, -0.25) is 4.79 Å². The zero-order chi connectivity index (χ0) is 12.1. The Bertz CT molecular complexity index is 432. The van der Waals surface area contributed by atoms with Gasteiger partial charge in [-0.1, -0.05) is 16.8 Å². The first-order valence-electron chi connectivity index (χ1n) is 4.55. The van der Waals surface area contributed by atoms with Crippen LogP contribution in [0.5, 0.6) is 0 Å². The van der Waals surface area contributed by atoms with Gasteiger partial charge in [0.1, 0.15) is 0 Å². The van der Waals surface area contributed by atoms with Crippen molar-refractivity contribution in [2.45, 2.75) is 6.92 Å². The van der Waals surface area contributed by atoms with E-state index in [0.29, 0.717) is 10.6 Å². The summed E-state index contributed by atoms with van der Waals surface area (Å²) >= 11 is 5.77. The number of nitrogens with zero attached hydrogens (tertiary/aromatic N) is 1.